The van der Waals surface area contributed by atoms with E-state index in [0.29, 0.717) is 19.4 Å². The van der Waals surface area contributed by atoms with E-state index in [1.165, 1.54) is 4.88 Å². The van der Waals surface area contributed by atoms with Crippen molar-refractivity contribution in [3.8, 4) is 0 Å². The van der Waals surface area contributed by atoms with Crippen molar-refractivity contribution in [3.63, 3.8) is 0 Å². The molecule has 1 amide bonds. The molecule has 98 valence electrons. The molecular formula is C13H17NO3S. The first-order valence-electron chi connectivity index (χ1n) is 6.06. The third-order valence-electron chi connectivity index (χ3n) is 3.51. The molecule has 2 heterocycles. The van der Waals surface area contributed by atoms with Gasteiger partial charge in [0.1, 0.15) is 0 Å². The Morgan fingerprint density at radius 3 is 2.72 bits per heavy atom. The summed E-state index contributed by atoms with van der Waals surface area (Å²) in [5.41, 5.74) is 0. The van der Waals surface area contributed by atoms with Crippen molar-refractivity contribution in [3.05, 3.63) is 21.9 Å². The summed E-state index contributed by atoms with van der Waals surface area (Å²) in [6, 6.07) is 3.77. The molecule has 0 spiro atoms. The molecule has 1 aliphatic heterocycles. The van der Waals surface area contributed by atoms with Crippen LogP contribution >= 0.6 is 11.3 Å². The maximum absolute atomic E-state index is 12.1. The van der Waals surface area contributed by atoms with E-state index < -0.39 is 11.9 Å². The maximum atomic E-state index is 12.1. The number of nitrogens with zero attached hydrogens (tertiary/aromatic N) is 1. The Morgan fingerprint density at radius 2 is 2.22 bits per heavy atom. The lowest BCUT2D eigenvalue weighted by molar-refractivity contribution is -0.143. The zero-order valence-corrected chi connectivity index (χ0v) is 11.4. The molecule has 0 bridgehead atoms. The summed E-state index contributed by atoms with van der Waals surface area (Å²) in [6.07, 6.45) is 0.945. The average molecular weight is 267 g/mol. The molecule has 1 aliphatic rings. The van der Waals surface area contributed by atoms with Crippen molar-refractivity contribution in [1.82, 2.24) is 4.90 Å². The van der Waals surface area contributed by atoms with Gasteiger partial charge in [0.05, 0.1) is 12.3 Å². The Labute approximate surface area is 110 Å². The molecule has 0 aliphatic carbocycles. The van der Waals surface area contributed by atoms with Gasteiger partial charge in [-0.25, -0.2) is 0 Å². The van der Waals surface area contributed by atoms with Crippen LogP contribution in [0.3, 0.4) is 0 Å². The van der Waals surface area contributed by atoms with Gasteiger partial charge < -0.3 is 10.0 Å². The van der Waals surface area contributed by atoms with Gasteiger partial charge in [0, 0.05) is 22.3 Å². The fourth-order valence-corrected chi connectivity index (χ4v) is 3.33. The van der Waals surface area contributed by atoms with Crippen molar-refractivity contribution in [1.29, 1.82) is 0 Å². The van der Waals surface area contributed by atoms with E-state index >= 15 is 0 Å². The van der Waals surface area contributed by atoms with Gasteiger partial charge in [-0.3, -0.25) is 9.59 Å². The van der Waals surface area contributed by atoms with Gasteiger partial charge in [0.2, 0.25) is 5.91 Å². The van der Waals surface area contributed by atoms with E-state index in [-0.39, 0.29) is 11.9 Å². The Bertz CT molecular complexity index is 469. The lowest BCUT2D eigenvalue weighted by Crippen LogP contribution is -2.38. The number of hydrogen-bond acceptors (Lipinski definition) is 3. The fraction of sp³-hybridized carbons (Fsp3) is 0.538. The van der Waals surface area contributed by atoms with Gasteiger partial charge in [0.25, 0.3) is 0 Å². The van der Waals surface area contributed by atoms with Crippen LogP contribution < -0.4 is 0 Å². The number of carbonyl (C=O) groups is 2. The summed E-state index contributed by atoms with van der Waals surface area (Å²) < 4.78 is 0. The second kappa shape index (κ2) is 5.10. The minimum absolute atomic E-state index is 0.0353. The van der Waals surface area contributed by atoms with Gasteiger partial charge in [-0.15, -0.1) is 11.3 Å². The SMILES string of the molecule is Cc1ccc(CC(=O)N2CCC(C(=O)O)C2C)s1. The van der Waals surface area contributed by atoms with Crippen LogP contribution in [0.2, 0.25) is 0 Å². The predicted molar refractivity (Wildman–Crippen MR) is 69.7 cm³/mol. The molecule has 1 saturated heterocycles. The van der Waals surface area contributed by atoms with E-state index in [0.717, 1.165) is 4.88 Å². The van der Waals surface area contributed by atoms with E-state index in [9.17, 15) is 9.59 Å². The third kappa shape index (κ3) is 2.56. The van der Waals surface area contributed by atoms with Crippen LogP contribution in [0.25, 0.3) is 0 Å². The molecule has 0 aromatic carbocycles. The number of carboxylic acids is 1. The number of carboxylic acid groups (broad SMARTS) is 1. The first kappa shape index (κ1) is 13.1. The predicted octanol–water partition coefficient (Wildman–Crippen LogP) is 1.92. The van der Waals surface area contributed by atoms with Crippen LogP contribution in [-0.2, 0) is 16.0 Å². The van der Waals surface area contributed by atoms with E-state index in [1.807, 2.05) is 26.0 Å². The molecule has 0 saturated carbocycles. The highest BCUT2D eigenvalue weighted by atomic mass is 32.1. The van der Waals surface area contributed by atoms with Crippen molar-refractivity contribution in [2.24, 2.45) is 5.92 Å². The zero-order valence-electron chi connectivity index (χ0n) is 10.5. The fourth-order valence-electron chi connectivity index (χ4n) is 2.45. The number of aryl methyl sites for hydroxylation is 1. The maximum Gasteiger partial charge on any atom is 0.308 e. The second-order valence-electron chi connectivity index (χ2n) is 4.75. The normalized spacial score (nSPS) is 23.3. The van der Waals surface area contributed by atoms with Crippen molar-refractivity contribution in [2.75, 3.05) is 6.54 Å². The van der Waals surface area contributed by atoms with E-state index in [2.05, 4.69) is 0 Å². The van der Waals surface area contributed by atoms with Gasteiger partial charge in [-0.05, 0) is 32.4 Å². The molecule has 1 N–H and O–H groups in total. The summed E-state index contributed by atoms with van der Waals surface area (Å²) in [5.74, 6) is -1.18. The van der Waals surface area contributed by atoms with Crippen molar-refractivity contribution >= 4 is 23.2 Å². The van der Waals surface area contributed by atoms with Crippen LogP contribution in [0.5, 0.6) is 0 Å². The van der Waals surface area contributed by atoms with E-state index in [1.54, 1.807) is 16.2 Å². The number of thiophene rings is 1. The number of rotatable bonds is 3. The topological polar surface area (TPSA) is 57.6 Å². The highest BCUT2D eigenvalue weighted by molar-refractivity contribution is 7.12. The minimum atomic E-state index is -0.801. The molecule has 5 heteroatoms. The highest BCUT2D eigenvalue weighted by Crippen LogP contribution is 2.26. The molecule has 2 rings (SSSR count). The standard InChI is InChI=1S/C13H17NO3S/c1-8-3-4-10(18-8)7-12(15)14-6-5-11(9(14)2)13(16)17/h3-4,9,11H,5-7H2,1-2H3,(H,16,17). The molecule has 2 unspecified atom stereocenters. The molecule has 1 aromatic heterocycles. The summed E-state index contributed by atoms with van der Waals surface area (Å²) in [5, 5.41) is 9.04. The molecule has 1 fully saturated rings. The van der Waals surface area contributed by atoms with Crippen molar-refractivity contribution < 1.29 is 14.7 Å². The lowest BCUT2D eigenvalue weighted by atomic mass is 10.0. The first-order chi connectivity index (χ1) is 8.49. The summed E-state index contributed by atoms with van der Waals surface area (Å²) in [7, 11) is 0. The number of likely N-dealkylation sites (tertiary alicyclic amines) is 1. The Morgan fingerprint density at radius 1 is 1.50 bits per heavy atom. The first-order valence-corrected chi connectivity index (χ1v) is 6.88. The molecule has 0 radical (unpaired) electrons. The van der Waals surface area contributed by atoms with Crippen LogP contribution in [0.15, 0.2) is 12.1 Å². The van der Waals surface area contributed by atoms with Gasteiger partial charge >= 0.3 is 5.97 Å². The number of aliphatic carboxylic acids is 1. The van der Waals surface area contributed by atoms with Crippen molar-refractivity contribution in [2.45, 2.75) is 32.7 Å². The van der Waals surface area contributed by atoms with Gasteiger partial charge in [0.15, 0.2) is 0 Å². The lowest BCUT2D eigenvalue weighted by Gasteiger charge is -2.23. The number of amides is 1. The zero-order chi connectivity index (χ0) is 13.3. The highest BCUT2D eigenvalue weighted by Gasteiger charge is 2.37. The molecule has 4 nitrogen and oxygen atoms in total. The largest absolute Gasteiger partial charge is 0.481 e. The third-order valence-corrected chi connectivity index (χ3v) is 4.51. The smallest absolute Gasteiger partial charge is 0.308 e. The monoisotopic (exact) mass is 267 g/mol. The van der Waals surface area contributed by atoms with E-state index in [4.69, 9.17) is 5.11 Å². The molecule has 18 heavy (non-hydrogen) atoms. The Hall–Kier alpha value is -1.36. The Kier molecular flexibility index (Phi) is 3.71. The average Bonchev–Trinajstić information content (AvgIpc) is 2.85. The van der Waals surface area contributed by atoms with Gasteiger partial charge in [-0.2, -0.15) is 0 Å². The number of hydrogen-bond donors (Lipinski definition) is 1. The van der Waals surface area contributed by atoms with Gasteiger partial charge in [-0.1, -0.05) is 0 Å². The summed E-state index contributed by atoms with van der Waals surface area (Å²) in [6.45, 7) is 4.39. The minimum Gasteiger partial charge on any atom is -0.481 e. The summed E-state index contributed by atoms with van der Waals surface area (Å²) in [4.78, 5) is 27.1. The van der Waals surface area contributed by atoms with Crippen LogP contribution in [-0.4, -0.2) is 34.5 Å². The van der Waals surface area contributed by atoms with Crippen LogP contribution in [0.4, 0.5) is 0 Å². The molecular weight excluding hydrogens is 250 g/mol. The van der Waals surface area contributed by atoms with Crippen LogP contribution in [0.1, 0.15) is 23.1 Å². The summed E-state index contributed by atoms with van der Waals surface area (Å²) >= 11 is 1.62. The molecule has 1 aromatic rings. The number of carbonyl (C=O) groups excluding carboxylic acids is 1. The van der Waals surface area contributed by atoms with Crippen LogP contribution in [0, 0.1) is 12.8 Å². The Balaban J connectivity index is 2.00. The molecule has 2 atom stereocenters. The second-order valence-corrected chi connectivity index (χ2v) is 6.12. The quantitative estimate of drug-likeness (QED) is 0.910.